The molecule has 0 unspecified atom stereocenters. The fourth-order valence-electron chi connectivity index (χ4n) is 4.06. The minimum Gasteiger partial charge on any atom is -0.507 e. The molecule has 0 aliphatic heterocycles. The molecule has 5 heteroatoms. The highest BCUT2D eigenvalue weighted by Gasteiger charge is 2.24. The van der Waals surface area contributed by atoms with Gasteiger partial charge in [0.25, 0.3) is 0 Å². The Hall–Kier alpha value is -3.60. The number of phenolic OH excluding ortho intramolecular Hbond substituents is 1. The summed E-state index contributed by atoms with van der Waals surface area (Å²) in [6.07, 6.45) is 0. The van der Waals surface area contributed by atoms with Gasteiger partial charge in [0.15, 0.2) is 0 Å². The third-order valence-electron chi connectivity index (χ3n) is 5.83. The summed E-state index contributed by atoms with van der Waals surface area (Å²) in [7, 11) is 0. The Morgan fingerprint density at radius 2 is 1.50 bits per heavy atom. The van der Waals surface area contributed by atoms with E-state index in [1.54, 1.807) is 36.9 Å². The Balaban J connectivity index is 2.06. The van der Waals surface area contributed by atoms with Crippen molar-refractivity contribution in [2.75, 3.05) is 18.1 Å². The lowest BCUT2D eigenvalue weighted by molar-refractivity contribution is -0.116. The number of carbonyl (C=O) groups is 2. The predicted octanol–water partition coefficient (Wildman–Crippen LogP) is 6.57. The number of hydrogen-bond acceptors (Lipinski definition) is 4. The molecule has 0 bridgehead atoms. The van der Waals surface area contributed by atoms with Crippen LogP contribution in [0.15, 0.2) is 60.7 Å². The fourth-order valence-corrected chi connectivity index (χ4v) is 4.06. The van der Waals surface area contributed by atoms with Crippen LogP contribution in [0.4, 0.5) is 5.69 Å². The number of phenols is 1. The van der Waals surface area contributed by atoms with Gasteiger partial charge in [-0.15, -0.1) is 0 Å². The van der Waals surface area contributed by atoms with E-state index < -0.39 is 0 Å². The van der Waals surface area contributed by atoms with Crippen molar-refractivity contribution >= 4 is 17.6 Å². The van der Waals surface area contributed by atoms with Crippen molar-refractivity contribution in [1.82, 2.24) is 0 Å². The highest BCUT2D eigenvalue weighted by atomic mass is 16.5. The number of nitrogens with zero attached hydrogens (tertiary/aromatic N) is 1. The van der Waals surface area contributed by atoms with Crippen LogP contribution in [-0.4, -0.2) is 30.1 Å². The number of rotatable bonds is 6. The Morgan fingerprint density at radius 3 is 2.06 bits per heavy atom. The molecule has 3 aromatic rings. The molecule has 0 spiro atoms. The van der Waals surface area contributed by atoms with Crippen LogP contribution in [-0.2, 0) is 14.9 Å². The number of carbonyl (C=O) groups excluding carboxylic acids is 2. The quantitative estimate of drug-likeness (QED) is 0.423. The van der Waals surface area contributed by atoms with Gasteiger partial charge in [-0.05, 0) is 77.9 Å². The van der Waals surface area contributed by atoms with Crippen molar-refractivity contribution in [3.63, 3.8) is 0 Å². The highest BCUT2D eigenvalue weighted by Crippen LogP contribution is 2.39. The minimum absolute atomic E-state index is 0.00291. The molecule has 0 radical (unpaired) electrons. The molecule has 0 saturated carbocycles. The first kappa shape index (κ1) is 25.0. The zero-order valence-corrected chi connectivity index (χ0v) is 20.8. The number of hydrogen-bond donors (Lipinski definition) is 1. The summed E-state index contributed by atoms with van der Waals surface area (Å²) in [6, 6.07) is 18.7. The van der Waals surface area contributed by atoms with Crippen LogP contribution in [0.3, 0.4) is 0 Å². The number of anilines is 1. The first-order valence-electron chi connectivity index (χ1n) is 11.6. The van der Waals surface area contributed by atoms with Crippen LogP contribution in [0.25, 0.3) is 22.3 Å². The SMILES string of the molecule is CCOC(=O)c1ccc(-c2ccc(O)c(-c3ccc(N(CC)C(C)=O)c(C(C)(C)C)c3)c2)cc1. The third kappa shape index (κ3) is 5.30. The highest BCUT2D eigenvalue weighted by molar-refractivity contribution is 5.93. The smallest absolute Gasteiger partial charge is 0.338 e. The van der Waals surface area contributed by atoms with E-state index in [9.17, 15) is 14.7 Å². The van der Waals surface area contributed by atoms with Gasteiger partial charge in [-0.2, -0.15) is 0 Å². The van der Waals surface area contributed by atoms with E-state index in [4.69, 9.17) is 4.74 Å². The van der Waals surface area contributed by atoms with Gasteiger partial charge in [0.1, 0.15) is 5.75 Å². The van der Waals surface area contributed by atoms with E-state index >= 15 is 0 Å². The van der Waals surface area contributed by atoms with Crippen LogP contribution in [0.1, 0.15) is 57.5 Å². The summed E-state index contributed by atoms with van der Waals surface area (Å²) in [5.74, 6) is -0.169. The van der Waals surface area contributed by atoms with Crippen molar-refractivity contribution in [2.24, 2.45) is 0 Å². The van der Waals surface area contributed by atoms with Gasteiger partial charge in [-0.3, -0.25) is 4.79 Å². The molecule has 0 aliphatic carbocycles. The Kier molecular flexibility index (Phi) is 7.45. The summed E-state index contributed by atoms with van der Waals surface area (Å²) in [4.78, 5) is 25.9. The first-order chi connectivity index (χ1) is 16.1. The van der Waals surface area contributed by atoms with Crippen LogP contribution in [0.2, 0.25) is 0 Å². The molecular formula is C29H33NO4. The molecule has 34 heavy (non-hydrogen) atoms. The molecule has 1 N–H and O–H groups in total. The molecular weight excluding hydrogens is 426 g/mol. The molecule has 0 aromatic heterocycles. The maximum atomic E-state index is 12.2. The van der Waals surface area contributed by atoms with Gasteiger partial charge >= 0.3 is 5.97 Å². The molecule has 178 valence electrons. The van der Waals surface area contributed by atoms with Gasteiger partial charge in [0.05, 0.1) is 12.2 Å². The topological polar surface area (TPSA) is 66.8 Å². The third-order valence-corrected chi connectivity index (χ3v) is 5.83. The molecule has 1 amide bonds. The van der Waals surface area contributed by atoms with E-state index in [2.05, 4.69) is 26.8 Å². The zero-order chi connectivity index (χ0) is 25.0. The normalized spacial score (nSPS) is 11.2. The fraction of sp³-hybridized carbons (Fsp3) is 0.310. The second-order valence-corrected chi connectivity index (χ2v) is 9.27. The number of aromatic hydroxyl groups is 1. The lowest BCUT2D eigenvalue weighted by atomic mass is 9.83. The number of ether oxygens (including phenoxy) is 1. The standard InChI is InChI=1S/C29H33NO4/c1-7-30(19(3)31)26-15-13-23(18-25(26)29(4,5)6)24-17-22(14-16-27(24)32)20-9-11-21(12-10-20)28(33)34-8-2/h9-18,32H,7-8H2,1-6H3. The Bertz CT molecular complexity index is 1190. The van der Waals surface area contributed by atoms with Crippen LogP contribution in [0, 0.1) is 0 Å². The van der Waals surface area contributed by atoms with Crippen molar-refractivity contribution in [3.05, 3.63) is 71.8 Å². The van der Waals surface area contributed by atoms with E-state index in [1.165, 1.54) is 0 Å². The molecule has 5 nitrogen and oxygen atoms in total. The molecule has 3 aromatic carbocycles. The maximum Gasteiger partial charge on any atom is 0.338 e. The molecule has 0 heterocycles. The zero-order valence-electron chi connectivity index (χ0n) is 20.8. The van der Waals surface area contributed by atoms with Gasteiger partial charge in [0, 0.05) is 24.7 Å². The molecule has 0 saturated heterocycles. The summed E-state index contributed by atoms with van der Waals surface area (Å²) in [5.41, 5.74) is 5.64. The van der Waals surface area contributed by atoms with Crippen molar-refractivity contribution < 1.29 is 19.4 Å². The van der Waals surface area contributed by atoms with E-state index in [-0.39, 0.29) is 23.0 Å². The lowest BCUT2D eigenvalue weighted by Gasteiger charge is -2.29. The van der Waals surface area contributed by atoms with Crippen LogP contribution >= 0.6 is 0 Å². The second-order valence-electron chi connectivity index (χ2n) is 9.27. The number of esters is 1. The van der Waals surface area contributed by atoms with Crippen molar-refractivity contribution in [2.45, 2.75) is 47.0 Å². The van der Waals surface area contributed by atoms with E-state index in [0.717, 1.165) is 27.9 Å². The number of benzene rings is 3. The first-order valence-corrected chi connectivity index (χ1v) is 11.6. The second kappa shape index (κ2) is 10.1. The summed E-state index contributed by atoms with van der Waals surface area (Å²) in [6.45, 7) is 12.6. The van der Waals surface area contributed by atoms with Gasteiger partial charge in [0.2, 0.25) is 5.91 Å². The molecule has 0 atom stereocenters. The summed E-state index contributed by atoms with van der Waals surface area (Å²) >= 11 is 0. The summed E-state index contributed by atoms with van der Waals surface area (Å²) < 4.78 is 5.06. The predicted molar refractivity (Wildman–Crippen MR) is 137 cm³/mol. The molecule has 0 aliphatic rings. The average molecular weight is 460 g/mol. The lowest BCUT2D eigenvalue weighted by Crippen LogP contribution is -2.30. The average Bonchev–Trinajstić information content (AvgIpc) is 2.79. The van der Waals surface area contributed by atoms with Crippen LogP contribution in [0.5, 0.6) is 5.75 Å². The van der Waals surface area contributed by atoms with Gasteiger partial charge in [-0.25, -0.2) is 4.79 Å². The number of amides is 1. The summed E-state index contributed by atoms with van der Waals surface area (Å²) in [5, 5.41) is 10.7. The Morgan fingerprint density at radius 1 is 0.882 bits per heavy atom. The minimum atomic E-state index is -0.345. The molecule has 0 fully saturated rings. The van der Waals surface area contributed by atoms with Crippen molar-refractivity contribution in [1.29, 1.82) is 0 Å². The van der Waals surface area contributed by atoms with Crippen molar-refractivity contribution in [3.8, 4) is 28.0 Å². The molecule has 3 rings (SSSR count). The monoisotopic (exact) mass is 459 g/mol. The maximum absolute atomic E-state index is 12.2. The van der Waals surface area contributed by atoms with E-state index in [0.29, 0.717) is 24.3 Å². The Labute approximate surface area is 202 Å². The van der Waals surface area contributed by atoms with Gasteiger partial charge in [-0.1, -0.05) is 45.0 Å². The largest absolute Gasteiger partial charge is 0.507 e. The van der Waals surface area contributed by atoms with Crippen LogP contribution < -0.4 is 4.90 Å². The van der Waals surface area contributed by atoms with Gasteiger partial charge < -0.3 is 14.7 Å². The van der Waals surface area contributed by atoms with E-state index in [1.807, 2.05) is 43.3 Å².